The van der Waals surface area contributed by atoms with Crippen LogP contribution in [0.2, 0.25) is 0 Å². The van der Waals surface area contributed by atoms with Crippen molar-refractivity contribution in [3.63, 3.8) is 0 Å². The number of hydrogen-bond acceptors (Lipinski definition) is 4. The summed E-state index contributed by atoms with van der Waals surface area (Å²) in [5.74, 6) is -0.607. The lowest BCUT2D eigenvalue weighted by Gasteiger charge is -2.50. The normalized spacial score (nSPS) is 41.5. The second-order valence-corrected chi connectivity index (χ2v) is 6.02. The van der Waals surface area contributed by atoms with Gasteiger partial charge in [0.2, 0.25) is 0 Å². The summed E-state index contributed by atoms with van der Waals surface area (Å²) in [4.78, 5) is 25.2. The van der Waals surface area contributed by atoms with Crippen molar-refractivity contribution in [1.82, 2.24) is 0 Å². The topological polar surface area (TPSA) is 55.9 Å². The molecule has 1 aliphatic heterocycles. The van der Waals surface area contributed by atoms with Crippen LogP contribution in [0.15, 0.2) is 24.3 Å². The molecule has 1 unspecified atom stereocenters. The third-order valence-corrected chi connectivity index (χ3v) is 5.01. The van der Waals surface area contributed by atoms with Crippen molar-refractivity contribution in [2.24, 2.45) is 17.3 Å². The van der Waals surface area contributed by atoms with Gasteiger partial charge in [0.05, 0.1) is 24.5 Å². The first kappa shape index (κ1) is 13.6. The summed E-state index contributed by atoms with van der Waals surface area (Å²) < 4.78 is 10.7. The van der Waals surface area contributed by atoms with Gasteiger partial charge in [-0.15, -0.1) is 6.58 Å². The minimum Gasteiger partial charge on any atom is -0.466 e. The summed E-state index contributed by atoms with van der Waals surface area (Å²) in [6.45, 7) is 8.39. The molecule has 4 atom stereocenters. The van der Waals surface area contributed by atoms with E-state index in [-0.39, 0.29) is 17.7 Å². The van der Waals surface area contributed by atoms with Gasteiger partial charge in [-0.1, -0.05) is 17.7 Å². The minimum atomic E-state index is -0.816. The van der Waals surface area contributed by atoms with E-state index >= 15 is 0 Å². The fourth-order valence-electron chi connectivity index (χ4n) is 4.07. The average Bonchev–Trinajstić information content (AvgIpc) is 3.18. The molecular weight excluding hydrogens is 256 g/mol. The number of rotatable bonds is 4. The number of carbonyl (C=O) groups is 2. The van der Waals surface area contributed by atoms with Crippen LogP contribution in [0, 0.1) is 17.3 Å². The third kappa shape index (κ3) is 1.51. The molecule has 0 aromatic carbocycles. The predicted molar refractivity (Wildman–Crippen MR) is 72.9 cm³/mol. The molecular formula is C16H20O4. The number of ketones is 1. The summed E-state index contributed by atoms with van der Waals surface area (Å²) in [6, 6.07) is 0. The van der Waals surface area contributed by atoms with E-state index in [2.05, 4.69) is 6.58 Å². The Balaban J connectivity index is 2.06. The van der Waals surface area contributed by atoms with Gasteiger partial charge in [-0.3, -0.25) is 9.59 Å². The molecule has 0 radical (unpaired) electrons. The number of allylic oxidation sites excluding steroid dienone is 2. The Morgan fingerprint density at radius 3 is 2.90 bits per heavy atom. The fraction of sp³-hybridized carbons (Fsp3) is 0.625. The SMILES string of the molecule is C=CC[C@]12C=C(C)C(C[C@@H]1C(=O)OCC)[C@@]1(CO1)C2=O. The van der Waals surface area contributed by atoms with Gasteiger partial charge in [0.1, 0.15) is 0 Å². The maximum absolute atomic E-state index is 12.9. The number of esters is 1. The molecule has 1 spiro atoms. The Kier molecular flexibility index (Phi) is 2.91. The van der Waals surface area contributed by atoms with Crippen molar-refractivity contribution in [3.8, 4) is 0 Å². The molecule has 4 nitrogen and oxygen atoms in total. The Hall–Kier alpha value is -1.42. The molecule has 0 aromatic rings. The van der Waals surface area contributed by atoms with Crippen molar-refractivity contribution in [1.29, 1.82) is 0 Å². The van der Waals surface area contributed by atoms with Crippen molar-refractivity contribution in [3.05, 3.63) is 24.3 Å². The maximum atomic E-state index is 12.9. The molecule has 1 saturated carbocycles. The number of epoxide rings is 1. The van der Waals surface area contributed by atoms with Crippen molar-refractivity contribution in [2.75, 3.05) is 13.2 Å². The zero-order valence-electron chi connectivity index (χ0n) is 12.0. The van der Waals surface area contributed by atoms with E-state index < -0.39 is 16.9 Å². The van der Waals surface area contributed by atoms with Crippen LogP contribution >= 0.6 is 0 Å². The molecule has 0 N–H and O–H groups in total. The molecule has 2 fully saturated rings. The Bertz CT molecular complexity index is 515. The molecule has 2 bridgehead atoms. The summed E-state index contributed by atoms with van der Waals surface area (Å²) in [5.41, 5.74) is -0.321. The molecule has 1 heterocycles. The second-order valence-electron chi connectivity index (χ2n) is 6.02. The van der Waals surface area contributed by atoms with Crippen molar-refractivity contribution >= 4 is 11.8 Å². The lowest BCUT2D eigenvalue weighted by molar-refractivity contribution is -0.163. The van der Waals surface area contributed by atoms with Crippen LogP contribution in [0.25, 0.3) is 0 Å². The van der Waals surface area contributed by atoms with Gasteiger partial charge in [-0.25, -0.2) is 0 Å². The lowest BCUT2D eigenvalue weighted by atomic mass is 9.51. The lowest BCUT2D eigenvalue weighted by Crippen LogP contribution is -2.59. The highest BCUT2D eigenvalue weighted by molar-refractivity contribution is 6.03. The molecule has 4 aliphatic rings. The zero-order valence-corrected chi connectivity index (χ0v) is 12.0. The van der Waals surface area contributed by atoms with E-state index in [0.29, 0.717) is 26.1 Å². The second kappa shape index (κ2) is 4.29. The molecule has 3 aliphatic carbocycles. The smallest absolute Gasteiger partial charge is 0.310 e. The number of fused-ring (bicyclic) bond motifs is 1. The first-order valence-electron chi connectivity index (χ1n) is 7.17. The van der Waals surface area contributed by atoms with Gasteiger partial charge in [-0.05, 0) is 26.7 Å². The number of carbonyl (C=O) groups excluding carboxylic acids is 2. The summed E-state index contributed by atoms with van der Waals surface area (Å²) in [7, 11) is 0. The van der Waals surface area contributed by atoms with E-state index in [4.69, 9.17) is 9.47 Å². The fourth-order valence-corrected chi connectivity index (χ4v) is 4.07. The first-order valence-corrected chi connectivity index (χ1v) is 7.17. The highest BCUT2D eigenvalue weighted by Gasteiger charge is 2.72. The third-order valence-electron chi connectivity index (χ3n) is 5.01. The van der Waals surface area contributed by atoms with Gasteiger partial charge < -0.3 is 9.47 Å². The summed E-state index contributed by atoms with van der Waals surface area (Å²) >= 11 is 0. The van der Waals surface area contributed by atoms with Crippen LogP contribution in [0.1, 0.15) is 26.7 Å². The molecule has 4 heteroatoms. The van der Waals surface area contributed by atoms with Crippen LogP contribution in [0.4, 0.5) is 0 Å². The Morgan fingerprint density at radius 2 is 2.35 bits per heavy atom. The van der Waals surface area contributed by atoms with E-state index in [9.17, 15) is 9.59 Å². The van der Waals surface area contributed by atoms with E-state index in [1.807, 2.05) is 13.0 Å². The van der Waals surface area contributed by atoms with E-state index in [1.54, 1.807) is 13.0 Å². The molecule has 1 saturated heterocycles. The predicted octanol–water partition coefficient (Wildman–Crippen LogP) is 2.05. The minimum absolute atomic E-state index is 0.0242. The molecule has 20 heavy (non-hydrogen) atoms. The van der Waals surface area contributed by atoms with Crippen LogP contribution in [0.5, 0.6) is 0 Å². The Morgan fingerprint density at radius 1 is 1.65 bits per heavy atom. The van der Waals surface area contributed by atoms with Gasteiger partial charge in [0.15, 0.2) is 11.4 Å². The molecule has 0 aromatic heterocycles. The first-order chi connectivity index (χ1) is 9.51. The number of ether oxygens (including phenoxy) is 2. The highest BCUT2D eigenvalue weighted by Crippen LogP contribution is 2.61. The van der Waals surface area contributed by atoms with Gasteiger partial charge in [-0.2, -0.15) is 0 Å². The van der Waals surface area contributed by atoms with Gasteiger partial charge in [0, 0.05) is 5.92 Å². The van der Waals surface area contributed by atoms with Crippen molar-refractivity contribution in [2.45, 2.75) is 32.3 Å². The average molecular weight is 276 g/mol. The van der Waals surface area contributed by atoms with Gasteiger partial charge >= 0.3 is 5.97 Å². The van der Waals surface area contributed by atoms with E-state index in [1.165, 1.54) is 0 Å². The standard InChI is InChI=1S/C16H20O4/c1-4-6-15-8-10(3)11(16(9-20-16)14(15)18)7-12(15)13(17)19-5-2/h4,8,11-12H,1,5-7,9H2,2-3H3/t11?,12-,15+,16+/m1/s1. The maximum Gasteiger partial charge on any atom is 0.310 e. The highest BCUT2D eigenvalue weighted by atomic mass is 16.6. The quantitative estimate of drug-likeness (QED) is 0.448. The van der Waals surface area contributed by atoms with Crippen LogP contribution in [-0.4, -0.2) is 30.6 Å². The van der Waals surface area contributed by atoms with Crippen molar-refractivity contribution < 1.29 is 19.1 Å². The Labute approximate surface area is 118 Å². The van der Waals surface area contributed by atoms with Gasteiger partial charge in [0.25, 0.3) is 0 Å². The zero-order chi connectivity index (χ0) is 14.5. The number of hydrogen-bond donors (Lipinski definition) is 0. The van der Waals surface area contributed by atoms with E-state index in [0.717, 1.165) is 5.57 Å². The molecule has 108 valence electrons. The molecule has 0 amide bonds. The van der Waals surface area contributed by atoms with Crippen LogP contribution < -0.4 is 0 Å². The number of Topliss-reactive ketones (excluding diaryl/α,β-unsaturated/α-hetero) is 1. The summed E-state index contributed by atoms with van der Waals surface area (Å²) in [6.07, 6.45) is 4.79. The monoisotopic (exact) mass is 276 g/mol. The van der Waals surface area contributed by atoms with Crippen LogP contribution in [0.3, 0.4) is 0 Å². The molecule has 4 rings (SSSR count). The van der Waals surface area contributed by atoms with Crippen LogP contribution in [-0.2, 0) is 19.1 Å². The summed E-state index contributed by atoms with van der Waals surface area (Å²) in [5, 5.41) is 0. The largest absolute Gasteiger partial charge is 0.466 e.